The fraction of sp³-hybridized carbons (Fsp3) is 0.346. The minimum Gasteiger partial charge on any atom is -0.366 e. The molecule has 1 fully saturated rings. The van der Waals surface area contributed by atoms with Gasteiger partial charge in [-0.2, -0.15) is 0 Å². The zero-order chi connectivity index (χ0) is 24.9. The van der Waals surface area contributed by atoms with Crippen LogP contribution in [0.5, 0.6) is 0 Å². The number of rotatable bonds is 3. The van der Waals surface area contributed by atoms with Gasteiger partial charge in [0.25, 0.3) is 11.8 Å². The summed E-state index contributed by atoms with van der Waals surface area (Å²) >= 11 is 10.1. The van der Waals surface area contributed by atoms with Crippen molar-refractivity contribution in [3.05, 3.63) is 62.1 Å². The Bertz CT molecular complexity index is 1250. The summed E-state index contributed by atoms with van der Waals surface area (Å²) in [6.07, 6.45) is 2.45. The molecule has 2 aromatic carbocycles. The Hall–Kier alpha value is -2.64. The van der Waals surface area contributed by atoms with E-state index in [1.165, 1.54) is 6.08 Å². The third kappa shape index (κ3) is 4.16. The van der Waals surface area contributed by atoms with Crippen LogP contribution in [0.3, 0.4) is 0 Å². The van der Waals surface area contributed by atoms with Gasteiger partial charge in [0.1, 0.15) is 5.57 Å². The van der Waals surface area contributed by atoms with Crippen LogP contribution in [0.4, 0.5) is 16.2 Å². The quantitative estimate of drug-likeness (QED) is 0.370. The lowest BCUT2D eigenvalue weighted by atomic mass is 9.79. The van der Waals surface area contributed by atoms with Crippen LogP contribution in [0.25, 0.3) is 6.08 Å². The molecule has 2 heterocycles. The predicted molar refractivity (Wildman–Crippen MR) is 139 cm³/mol. The van der Waals surface area contributed by atoms with Crippen LogP contribution in [0.15, 0.2) is 40.4 Å². The molecule has 6 nitrogen and oxygen atoms in total. The molecule has 4 amide bonds. The van der Waals surface area contributed by atoms with Crippen LogP contribution in [-0.4, -0.2) is 29.9 Å². The SMILES string of the molecule is CCN1c2cc(Cl)c(/C=C3/C(=O)NC(=O)N(c4ccc(Br)cc4C)C3=O)cc2C(C)CC1(C)C. The fourth-order valence-electron chi connectivity index (χ4n) is 5.13. The van der Waals surface area contributed by atoms with Crippen molar-refractivity contribution in [2.45, 2.75) is 52.5 Å². The molecule has 178 valence electrons. The molecule has 1 atom stereocenters. The molecule has 34 heavy (non-hydrogen) atoms. The number of anilines is 2. The maximum Gasteiger partial charge on any atom is 0.335 e. The van der Waals surface area contributed by atoms with Crippen LogP contribution in [-0.2, 0) is 9.59 Å². The first-order valence-electron chi connectivity index (χ1n) is 11.2. The highest BCUT2D eigenvalue weighted by Crippen LogP contribution is 2.45. The average molecular weight is 545 g/mol. The van der Waals surface area contributed by atoms with Crippen molar-refractivity contribution in [1.29, 1.82) is 0 Å². The Labute approximate surface area is 213 Å². The van der Waals surface area contributed by atoms with E-state index in [-0.39, 0.29) is 17.0 Å². The molecule has 0 radical (unpaired) electrons. The van der Waals surface area contributed by atoms with Gasteiger partial charge in [-0.25, -0.2) is 9.69 Å². The minimum atomic E-state index is -0.774. The van der Waals surface area contributed by atoms with Gasteiger partial charge in [-0.15, -0.1) is 0 Å². The van der Waals surface area contributed by atoms with E-state index in [0.29, 0.717) is 16.3 Å². The number of urea groups is 1. The molecule has 0 saturated carbocycles. The van der Waals surface area contributed by atoms with E-state index in [4.69, 9.17) is 11.6 Å². The van der Waals surface area contributed by atoms with Crippen molar-refractivity contribution in [2.75, 3.05) is 16.3 Å². The molecule has 1 saturated heterocycles. The number of carbonyl (C=O) groups excluding carboxylic acids is 3. The summed E-state index contributed by atoms with van der Waals surface area (Å²) in [5, 5.41) is 2.73. The van der Waals surface area contributed by atoms with Crippen LogP contribution in [0, 0.1) is 6.92 Å². The number of barbiturate groups is 1. The molecule has 1 unspecified atom stereocenters. The van der Waals surface area contributed by atoms with Crippen LogP contribution < -0.4 is 15.1 Å². The minimum absolute atomic E-state index is 0.00685. The van der Waals surface area contributed by atoms with E-state index in [1.807, 2.05) is 12.1 Å². The second kappa shape index (κ2) is 8.86. The molecule has 2 aliphatic rings. The largest absolute Gasteiger partial charge is 0.366 e. The van der Waals surface area contributed by atoms with E-state index in [0.717, 1.165) is 39.2 Å². The average Bonchev–Trinajstić information content (AvgIpc) is 2.72. The summed E-state index contributed by atoms with van der Waals surface area (Å²) in [5.74, 6) is -1.14. The second-order valence-corrected chi connectivity index (χ2v) is 10.8. The van der Waals surface area contributed by atoms with E-state index >= 15 is 0 Å². The van der Waals surface area contributed by atoms with Gasteiger partial charge in [-0.1, -0.05) is 34.5 Å². The van der Waals surface area contributed by atoms with Gasteiger partial charge in [0.2, 0.25) is 0 Å². The van der Waals surface area contributed by atoms with Crippen molar-refractivity contribution >= 4 is 62.8 Å². The number of carbonyl (C=O) groups is 3. The Morgan fingerprint density at radius 2 is 1.88 bits per heavy atom. The molecule has 1 N–H and O–H groups in total. The monoisotopic (exact) mass is 543 g/mol. The molecular weight excluding hydrogens is 518 g/mol. The van der Waals surface area contributed by atoms with E-state index in [2.05, 4.69) is 53.8 Å². The van der Waals surface area contributed by atoms with E-state index in [9.17, 15) is 14.4 Å². The maximum absolute atomic E-state index is 13.3. The smallest absolute Gasteiger partial charge is 0.335 e. The highest BCUT2D eigenvalue weighted by atomic mass is 79.9. The second-order valence-electron chi connectivity index (χ2n) is 9.48. The van der Waals surface area contributed by atoms with Crippen LogP contribution >= 0.6 is 27.5 Å². The molecule has 0 spiro atoms. The fourth-order valence-corrected chi connectivity index (χ4v) is 5.82. The van der Waals surface area contributed by atoms with Crippen molar-refractivity contribution < 1.29 is 14.4 Å². The number of halogens is 2. The number of nitrogens with one attached hydrogen (secondary N) is 1. The Morgan fingerprint density at radius 3 is 2.53 bits per heavy atom. The number of amides is 4. The standard InChI is InChI=1S/C26H27BrClN3O3/c1-6-30-22-12-20(28)16(10-18(22)15(3)13-26(30,4)5)11-19-23(32)29-25(34)31(24(19)33)21-8-7-17(27)9-14(21)2/h7-12,15H,6,13H2,1-5H3,(H,29,32,34)/b19-11-. The molecule has 0 aromatic heterocycles. The molecule has 2 aliphatic heterocycles. The molecular formula is C26H27BrClN3O3. The number of aryl methyl sites for hydroxylation is 1. The molecule has 0 aliphatic carbocycles. The van der Waals surface area contributed by atoms with Crippen molar-refractivity contribution in [1.82, 2.24) is 5.32 Å². The summed E-state index contributed by atoms with van der Waals surface area (Å²) in [5.41, 5.74) is 3.75. The summed E-state index contributed by atoms with van der Waals surface area (Å²) in [7, 11) is 0. The Morgan fingerprint density at radius 1 is 1.18 bits per heavy atom. The first-order valence-corrected chi connectivity index (χ1v) is 12.4. The highest BCUT2D eigenvalue weighted by Gasteiger charge is 2.39. The normalized spacial score (nSPS) is 21.1. The predicted octanol–water partition coefficient (Wildman–Crippen LogP) is 6.19. The van der Waals surface area contributed by atoms with E-state index in [1.54, 1.807) is 25.1 Å². The number of imide groups is 2. The summed E-state index contributed by atoms with van der Waals surface area (Å²) < 4.78 is 0.824. The van der Waals surface area contributed by atoms with Crippen molar-refractivity contribution in [3.63, 3.8) is 0 Å². The van der Waals surface area contributed by atoms with Gasteiger partial charge in [-0.3, -0.25) is 14.9 Å². The maximum atomic E-state index is 13.3. The Balaban J connectivity index is 1.79. The van der Waals surface area contributed by atoms with Gasteiger partial charge in [0.05, 0.1) is 5.69 Å². The Kier molecular flexibility index (Phi) is 6.38. The number of benzene rings is 2. The molecule has 4 rings (SSSR count). The summed E-state index contributed by atoms with van der Waals surface area (Å²) in [6, 6.07) is 8.31. The number of hydrogen-bond donors (Lipinski definition) is 1. The van der Waals surface area contributed by atoms with Crippen molar-refractivity contribution in [3.8, 4) is 0 Å². The van der Waals surface area contributed by atoms with Crippen LogP contribution in [0.2, 0.25) is 5.02 Å². The molecule has 0 bridgehead atoms. The zero-order valence-corrected chi connectivity index (χ0v) is 22.2. The highest BCUT2D eigenvalue weighted by molar-refractivity contribution is 9.10. The van der Waals surface area contributed by atoms with Gasteiger partial charge in [-0.05, 0) is 93.1 Å². The lowest BCUT2D eigenvalue weighted by Crippen LogP contribution is -2.54. The molecule has 8 heteroatoms. The first kappa shape index (κ1) is 24.5. The summed E-state index contributed by atoms with van der Waals surface area (Å²) in [6.45, 7) is 11.4. The topological polar surface area (TPSA) is 69.7 Å². The van der Waals surface area contributed by atoms with Crippen LogP contribution in [0.1, 0.15) is 56.7 Å². The zero-order valence-electron chi connectivity index (χ0n) is 19.8. The summed E-state index contributed by atoms with van der Waals surface area (Å²) in [4.78, 5) is 41.9. The van der Waals surface area contributed by atoms with Gasteiger partial charge in [0, 0.05) is 27.3 Å². The third-order valence-corrected chi connectivity index (χ3v) is 7.44. The van der Waals surface area contributed by atoms with Crippen molar-refractivity contribution in [2.24, 2.45) is 0 Å². The third-order valence-electron chi connectivity index (χ3n) is 6.62. The van der Waals surface area contributed by atoms with Gasteiger partial charge < -0.3 is 4.90 Å². The van der Waals surface area contributed by atoms with E-state index < -0.39 is 17.8 Å². The first-order chi connectivity index (χ1) is 15.9. The molecule has 2 aromatic rings. The number of hydrogen-bond acceptors (Lipinski definition) is 4. The van der Waals surface area contributed by atoms with Gasteiger partial charge in [0.15, 0.2) is 0 Å². The number of fused-ring (bicyclic) bond motifs is 1. The lowest BCUT2D eigenvalue weighted by molar-refractivity contribution is -0.122. The lowest BCUT2D eigenvalue weighted by Gasteiger charge is -2.47. The van der Waals surface area contributed by atoms with Gasteiger partial charge >= 0.3 is 6.03 Å². The number of nitrogens with zero attached hydrogens (tertiary/aromatic N) is 2.